The Morgan fingerprint density at radius 1 is 1.04 bits per heavy atom. The summed E-state index contributed by atoms with van der Waals surface area (Å²) in [5.41, 5.74) is 1.29. The molecule has 1 amide bonds. The summed E-state index contributed by atoms with van der Waals surface area (Å²) in [4.78, 5) is 37.3. The zero-order chi connectivity index (χ0) is 20.1. The van der Waals surface area contributed by atoms with E-state index in [1.165, 1.54) is 12.4 Å². The molecule has 0 spiro atoms. The molecule has 1 aliphatic heterocycles. The van der Waals surface area contributed by atoms with Gasteiger partial charge in [-0.25, -0.2) is 0 Å². The first-order valence-electron chi connectivity index (χ1n) is 9.39. The molecule has 2 aromatic rings. The van der Waals surface area contributed by atoms with Crippen molar-refractivity contribution in [1.29, 1.82) is 0 Å². The van der Waals surface area contributed by atoms with Crippen molar-refractivity contribution in [3.05, 3.63) is 65.8 Å². The molecule has 0 aliphatic carbocycles. The predicted octanol–water partition coefficient (Wildman–Crippen LogP) is 2.24. The number of aliphatic hydroxyl groups excluding tert-OH is 1. The number of amides is 1. The first kappa shape index (κ1) is 19.7. The van der Waals surface area contributed by atoms with Gasteiger partial charge in [0.25, 0.3) is 11.7 Å². The molecule has 1 aliphatic rings. The van der Waals surface area contributed by atoms with Crippen LogP contribution in [0.4, 0.5) is 0 Å². The quantitative estimate of drug-likeness (QED) is 0.450. The van der Waals surface area contributed by atoms with Crippen molar-refractivity contribution in [2.45, 2.75) is 19.9 Å². The molecule has 1 atom stereocenters. The number of aliphatic hydroxyl groups is 1. The molecule has 2 aromatic heterocycles. The molecule has 7 nitrogen and oxygen atoms in total. The summed E-state index contributed by atoms with van der Waals surface area (Å²) in [5, 5.41) is 10.9. The monoisotopic (exact) mass is 380 g/mol. The van der Waals surface area contributed by atoms with Crippen molar-refractivity contribution in [1.82, 2.24) is 19.8 Å². The molecule has 0 aromatic carbocycles. The lowest BCUT2D eigenvalue weighted by atomic mass is 9.96. The Morgan fingerprint density at radius 2 is 1.61 bits per heavy atom. The van der Waals surface area contributed by atoms with Crippen LogP contribution in [0.1, 0.15) is 31.0 Å². The molecule has 0 bridgehead atoms. The highest BCUT2D eigenvalue weighted by molar-refractivity contribution is 6.46. The maximum atomic E-state index is 12.8. The molecule has 1 saturated heterocycles. The molecule has 7 heteroatoms. The first-order chi connectivity index (χ1) is 13.6. The zero-order valence-electron chi connectivity index (χ0n) is 16.1. The number of rotatable bonds is 7. The molecule has 1 unspecified atom stereocenters. The first-order valence-corrected chi connectivity index (χ1v) is 9.39. The minimum atomic E-state index is -0.671. The van der Waals surface area contributed by atoms with Gasteiger partial charge < -0.3 is 14.9 Å². The standard InChI is InChI=1S/C21H24N4O3/c1-3-24(4-2)13-14-25-18(15-5-9-22-10-6-15)17(20(27)21(25)28)19(26)16-7-11-23-12-8-16/h5-12,18,26H,3-4,13-14H2,1-2H3/b19-17-. The summed E-state index contributed by atoms with van der Waals surface area (Å²) >= 11 is 0. The van der Waals surface area contributed by atoms with Gasteiger partial charge in [0, 0.05) is 43.4 Å². The van der Waals surface area contributed by atoms with Gasteiger partial charge in [0.15, 0.2) is 0 Å². The maximum Gasteiger partial charge on any atom is 0.295 e. The van der Waals surface area contributed by atoms with Gasteiger partial charge in [-0.1, -0.05) is 13.8 Å². The predicted molar refractivity (Wildman–Crippen MR) is 105 cm³/mol. The second kappa shape index (κ2) is 8.75. The van der Waals surface area contributed by atoms with E-state index in [1.807, 2.05) is 0 Å². The van der Waals surface area contributed by atoms with Crippen LogP contribution in [0.15, 0.2) is 54.6 Å². The van der Waals surface area contributed by atoms with Gasteiger partial charge >= 0.3 is 0 Å². The van der Waals surface area contributed by atoms with Crippen molar-refractivity contribution in [3.8, 4) is 0 Å². The average Bonchev–Trinajstić information content (AvgIpc) is 3.00. The number of likely N-dealkylation sites (tertiary alicyclic amines) is 1. The zero-order valence-corrected chi connectivity index (χ0v) is 16.1. The Kier molecular flexibility index (Phi) is 6.16. The highest BCUT2D eigenvalue weighted by Crippen LogP contribution is 2.38. The van der Waals surface area contributed by atoms with Gasteiger partial charge in [0.2, 0.25) is 0 Å². The molecule has 3 rings (SSSR count). The van der Waals surface area contributed by atoms with E-state index in [4.69, 9.17) is 0 Å². The highest BCUT2D eigenvalue weighted by atomic mass is 16.3. The van der Waals surface area contributed by atoms with Crippen LogP contribution in [0.2, 0.25) is 0 Å². The number of nitrogens with zero attached hydrogens (tertiary/aromatic N) is 4. The van der Waals surface area contributed by atoms with Gasteiger partial charge in [-0.05, 0) is 42.9 Å². The van der Waals surface area contributed by atoms with Crippen LogP contribution >= 0.6 is 0 Å². The van der Waals surface area contributed by atoms with E-state index in [9.17, 15) is 14.7 Å². The second-order valence-electron chi connectivity index (χ2n) is 6.54. The Hall–Kier alpha value is -3.06. The lowest BCUT2D eigenvalue weighted by Gasteiger charge is -2.28. The number of hydrogen-bond acceptors (Lipinski definition) is 6. The van der Waals surface area contributed by atoms with E-state index in [-0.39, 0.29) is 11.3 Å². The summed E-state index contributed by atoms with van der Waals surface area (Å²) in [6.45, 7) is 6.88. The fourth-order valence-electron chi connectivity index (χ4n) is 3.46. The SMILES string of the molecule is CCN(CC)CCN1C(=O)C(=O)/C(=C(\O)c2ccncc2)C1c1ccncc1. The van der Waals surface area contributed by atoms with Crippen LogP contribution in [0, 0.1) is 0 Å². The van der Waals surface area contributed by atoms with Gasteiger partial charge in [-0.15, -0.1) is 0 Å². The molecular weight excluding hydrogens is 356 g/mol. The summed E-state index contributed by atoms with van der Waals surface area (Å²) in [6, 6.07) is 6.11. The van der Waals surface area contributed by atoms with E-state index in [0.29, 0.717) is 18.7 Å². The maximum absolute atomic E-state index is 12.8. The third-order valence-corrected chi connectivity index (χ3v) is 5.07. The molecule has 146 valence electrons. The van der Waals surface area contributed by atoms with Crippen molar-refractivity contribution in [2.24, 2.45) is 0 Å². The third kappa shape index (κ3) is 3.80. The average molecular weight is 380 g/mol. The summed E-state index contributed by atoms with van der Waals surface area (Å²) in [6.07, 6.45) is 6.30. The molecule has 1 fully saturated rings. The number of likely N-dealkylation sites (N-methyl/N-ethyl adjacent to an activating group) is 1. The fourth-order valence-corrected chi connectivity index (χ4v) is 3.46. The third-order valence-electron chi connectivity index (χ3n) is 5.07. The lowest BCUT2D eigenvalue weighted by molar-refractivity contribution is -0.140. The van der Waals surface area contributed by atoms with Crippen molar-refractivity contribution in [2.75, 3.05) is 26.2 Å². The molecule has 0 radical (unpaired) electrons. The Labute approximate surface area is 164 Å². The molecule has 28 heavy (non-hydrogen) atoms. The normalized spacial score (nSPS) is 18.8. The number of pyridine rings is 2. The van der Waals surface area contributed by atoms with Crippen molar-refractivity contribution in [3.63, 3.8) is 0 Å². The number of hydrogen-bond donors (Lipinski definition) is 1. The molecular formula is C21H24N4O3. The van der Waals surface area contributed by atoms with E-state index in [2.05, 4.69) is 28.7 Å². The largest absolute Gasteiger partial charge is 0.507 e. The van der Waals surface area contributed by atoms with Gasteiger partial charge in [0.1, 0.15) is 5.76 Å². The summed E-state index contributed by atoms with van der Waals surface area (Å²) in [5.74, 6) is -1.45. The topological polar surface area (TPSA) is 86.6 Å². The Morgan fingerprint density at radius 3 is 2.18 bits per heavy atom. The minimum absolute atomic E-state index is 0.0990. The van der Waals surface area contributed by atoms with E-state index in [0.717, 1.165) is 18.7 Å². The van der Waals surface area contributed by atoms with Crippen LogP contribution in [0.25, 0.3) is 5.76 Å². The van der Waals surface area contributed by atoms with Crippen LogP contribution < -0.4 is 0 Å². The highest BCUT2D eigenvalue weighted by Gasteiger charge is 2.45. The lowest BCUT2D eigenvalue weighted by Crippen LogP contribution is -2.38. The van der Waals surface area contributed by atoms with E-state index >= 15 is 0 Å². The molecule has 1 N–H and O–H groups in total. The van der Waals surface area contributed by atoms with Gasteiger partial charge in [-0.3, -0.25) is 19.6 Å². The second-order valence-corrected chi connectivity index (χ2v) is 6.54. The summed E-state index contributed by atoms with van der Waals surface area (Å²) in [7, 11) is 0. The van der Waals surface area contributed by atoms with Crippen molar-refractivity contribution >= 4 is 17.4 Å². The van der Waals surface area contributed by atoms with E-state index in [1.54, 1.807) is 41.6 Å². The van der Waals surface area contributed by atoms with Crippen LogP contribution in [0.3, 0.4) is 0 Å². The number of ketones is 1. The van der Waals surface area contributed by atoms with Crippen LogP contribution in [-0.4, -0.2) is 62.7 Å². The van der Waals surface area contributed by atoms with Crippen LogP contribution in [0.5, 0.6) is 0 Å². The number of Topliss-reactive ketones (excluding diaryl/α,β-unsaturated/α-hetero) is 1. The molecule has 0 saturated carbocycles. The number of carbonyl (C=O) groups excluding carboxylic acids is 2. The number of carbonyl (C=O) groups is 2. The van der Waals surface area contributed by atoms with Gasteiger partial charge in [0.05, 0.1) is 11.6 Å². The fraction of sp³-hybridized carbons (Fsp3) is 0.333. The Balaban J connectivity index is 2.06. The summed E-state index contributed by atoms with van der Waals surface area (Å²) < 4.78 is 0. The Bertz CT molecular complexity index is 864. The van der Waals surface area contributed by atoms with E-state index < -0.39 is 17.7 Å². The van der Waals surface area contributed by atoms with Crippen LogP contribution in [-0.2, 0) is 9.59 Å². The van der Waals surface area contributed by atoms with Gasteiger partial charge in [-0.2, -0.15) is 0 Å². The molecule has 3 heterocycles. The number of aromatic nitrogens is 2. The smallest absolute Gasteiger partial charge is 0.295 e. The minimum Gasteiger partial charge on any atom is -0.507 e. The van der Waals surface area contributed by atoms with Crippen molar-refractivity contribution < 1.29 is 14.7 Å².